The number of methoxy groups -OCH3 is 1. The average molecular weight is 806 g/mol. The number of nitrogens with zero attached hydrogens (tertiary/aromatic N) is 3. The second kappa shape index (κ2) is 17.4. The maximum Gasteiger partial charge on any atom is 0.323 e. The number of likely N-dealkylation sites (tertiary alicyclic amines) is 1. The third kappa shape index (κ3) is 8.94. The quantitative estimate of drug-likeness (QED) is 0.0965. The predicted molar refractivity (Wildman–Crippen MR) is 213 cm³/mol. The van der Waals surface area contributed by atoms with E-state index in [2.05, 4.69) is 20.3 Å². The summed E-state index contributed by atoms with van der Waals surface area (Å²) in [4.78, 5) is 49.3. The van der Waals surface area contributed by atoms with Gasteiger partial charge in [-0.05, 0) is 92.8 Å². The highest BCUT2D eigenvalue weighted by Crippen LogP contribution is 2.47. The summed E-state index contributed by atoms with van der Waals surface area (Å²) < 4.78 is 46.4. The van der Waals surface area contributed by atoms with Crippen LogP contribution in [0.25, 0.3) is 10.1 Å². The molecule has 2 aromatic carbocycles. The van der Waals surface area contributed by atoms with E-state index < -0.39 is 25.6 Å². The lowest BCUT2D eigenvalue weighted by molar-refractivity contribution is -0.145. The lowest BCUT2D eigenvalue weighted by Gasteiger charge is -2.43. The van der Waals surface area contributed by atoms with E-state index in [4.69, 9.17) is 14.0 Å². The van der Waals surface area contributed by atoms with Crippen molar-refractivity contribution in [2.24, 2.45) is 0 Å². The summed E-state index contributed by atoms with van der Waals surface area (Å²) in [5.74, 6) is -0.474. The number of hydrogen-bond donors (Lipinski definition) is 2. The number of ether oxygens (including phenoxy) is 2. The zero-order valence-corrected chi connectivity index (χ0v) is 33.7. The first-order chi connectivity index (χ1) is 27.0. The molecular formula is C41H49FN5O7PS. The Kier molecular flexibility index (Phi) is 12.4. The number of nitrogens with one attached hydrogen (secondary N) is 2. The van der Waals surface area contributed by atoms with Gasteiger partial charge in [0.05, 0.1) is 30.3 Å². The van der Waals surface area contributed by atoms with Gasteiger partial charge in [0.2, 0.25) is 11.8 Å². The van der Waals surface area contributed by atoms with Crippen LogP contribution in [0.4, 0.5) is 4.39 Å². The van der Waals surface area contributed by atoms with Crippen LogP contribution in [-0.4, -0.2) is 90.1 Å². The molecule has 0 spiro atoms. The fourth-order valence-corrected chi connectivity index (χ4v) is 11.1. The minimum Gasteiger partial charge on any atom is -0.481 e. The molecule has 2 N–H and O–H groups in total. The van der Waals surface area contributed by atoms with E-state index in [0.29, 0.717) is 60.1 Å². The number of thiophene rings is 1. The van der Waals surface area contributed by atoms with Crippen LogP contribution in [0.2, 0.25) is 0 Å². The van der Waals surface area contributed by atoms with Gasteiger partial charge in [-0.3, -0.25) is 23.8 Å². The van der Waals surface area contributed by atoms with E-state index >= 15 is 0 Å². The van der Waals surface area contributed by atoms with Gasteiger partial charge in [-0.15, -0.1) is 11.3 Å². The summed E-state index contributed by atoms with van der Waals surface area (Å²) in [7, 11) is -2.17. The molecule has 0 aliphatic carbocycles. The fraction of sp³-hybridized carbons (Fsp3) is 0.463. The first kappa shape index (κ1) is 39.9. The maximum absolute atomic E-state index is 14.7. The summed E-state index contributed by atoms with van der Waals surface area (Å²) in [5, 5.41) is 6.77. The monoisotopic (exact) mass is 805 g/mol. The van der Waals surface area contributed by atoms with Crippen molar-refractivity contribution in [3.8, 4) is 11.6 Å². The Morgan fingerprint density at radius 2 is 1.88 bits per heavy atom. The van der Waals surface area contributed by atoms with Crippen LogP contribution >= 0.6 is 18.9 Å². The van der Waals surface area contributed by atoms with Gasteiger partial charge in [0.1, 0.15) is 23.7 Å². The number of para-hydroxylation sites is 1. The Morgan fingerprint density at radius 1 is 1.07 bits per heavy atom. The zero-order valence-electron chi connectivity index (χ0n) is 31.9. The van der Waals surface area contributed by atoms with Gasteiger partial charge in [-0.25, -0.2) is 14.5 Å². The number of benzene rings is 2. The van der Waals surface area contributed by atoms with Crippen LogP contribution < -0.4 is 19.7 Å². The summed E-state index contributed by atoms with van der Waals surface area (Å²) in [6.45, 7) is 5.79. The highest BCUT2D eigenvalue weighted by atomic mass is 32.1. The molecule has 3 aliphatic heterocycles. The SMILES string of the molecule is CCCOC(=O)[C@H](C)NP(=O)(Cc1ccc2sc(C(=O)N[C@H]3CCC[C@H]4CCC(CN5CC(c6c(F)ccnc6OC)C5)N4C3=O)cc2c1)Oc1ccccc1. The molecule has 0 bridgehead atoms. The number of amides is 2. The highest BCUT2D eigenvalue weighted by molar-refractivity contribution is 7.56. The van der Waals surface area contributed by atoms with E-state index in [-0.39, 0.29) is 48.4 Å². The second-order valence-electron chi connectivity index (χ2n) is 15.0. The number of aromatic nitrogens is 1. The van der Waals surface area contributed by atoms with Crippen LogP contribution in [0.3, 0.4) is 0 Å². The lowest BCUT2D eigenvalue weighted by Crippen LogP contribution is -2.55. The number of rotatable bonds is 15. The molecule has 7 rings (SSSR count). The molecule has 3 aliphatic rings. The number of esters is 1. The van der Waals surface area contributed by atoms with E-state index in [9.17, 15) is 23.3 Å². The Hall–Kier alpha value is -4.36. The Labute approximate surface area is 330 Å². The standard InChI is InChI=1S/C41H49FN5O7PS/c1-4-19-53-41(50)26(2)45-55(51,54-32-10-6-5-7-11-32)25-27-13-16-35-28(20-27)21-36(56-35)38(48)44-34-12-8-9-30-14-15-31(47(30)40(34)49)24-46-22-29(23-46)37-33(42)17-18-43-39(37)52-3/h5-7,10-11,13,16-18,20-21,26,29-31,34H,4,8-9,12,14-15,19,22-25H2,1-3H3,(H,44,48)(H,45,51)/t26-,30-,31?,34-,55?/m0/s1. The molecule has 56 heavy (non-hydrogen) atoms. The van der Waals surface area contributed by atoms with Crippen LogP contribution in [-0.2, 0) is 25.1 Å². The summed E-state index contributed by atoms with van der Waals surface area (Å²) in [5.41, 5.74) is 1.21. The minimum atomic E-state index is -3.67. The van der Waals surface area contributed by atoms with E-state index in [0.717, 1.165) is 35.8 Å². The molecule has 4 aromatic rings. The van der Waals surface area contributed by atoms with Gasteiger partial charge in [0.15, 0.2) is 0 Å². The van der Waals surface area contributed by atoms with Crippen molar-refractivity contribution in [3.05, 3.63) is 88.7 Å². The smallest absolute Gasteiger partial charge is 0.323 e. The van der Waals surface area contributed by atoms with Gasteiger partial charge < -0.3 is 24.2 Å². The van der Waals surface area contributed by atoms with Crippen molar-refractivity contribution in [2.45, 2.75) is 88.6 Å². The molecule has 3 saturated heterocycles. The number of carbonyl (C=O) groups excluding carboxylic acids is 3. The van der Waals surface area contributed by atoms with Crippen molar-refractivity contribution in [1.29, 1.82) is 0 Å². The lowest BCUT2D eigenvalue weighted by atomic mass is 9.91. The Balaban J connectivity index is 1.00. The van der Waals surface area contributed by atoms with E-state index in [1.165, 1.54) is 30.7 Å². The number of fused-ring (bicyclic) bond motifs is 2. The molecule has 0 radical (unpaired) electrons. The summed E-state index contributed by atoms with van der Waals surface area (Å²) in [6.07, 6.45) is 6.18. The zero-order chi connectivity index (χ0) is 39.4. The van der Waals surface area contributed by atoms with Gasteiger partial charge in [-0.1, -0.05) is 31.2 Å². The van der Waals surface area contributed by atoms with Crippen molar-refractivity contribution >= 4 is 46.7 Å². The molecule has 2 amide bonds. The molecule has 3 fully saturated rings. The van der Waals surface area contributed by atoms with Gasteiger partial charge in [0.25, 0.3) is 5.91 Å². The number of halogens is 1. The third-order valence-corrected chi connectivity index (χ3v) is 14.0. The molecular weight excluding hydrogens is 757 g/mol. The molecule has 15 heteroatoms. The highest BCUT2D eigenvalue weighted by Gasteiger charge is 2.44. The summed E-state index contributed by atoms with van der Waals surface area (Å²) in [6, 6.07) is 16.2. The molecule has 12 nitrogen and oxygen atoms in total. The number of carbonyl (C=O) groups is 3. The fourth-order valence-electron chi connectivity index (χ4n) is 8.15. The summed E-state index contributed by atoms with van der Waals surface area (Å²) >= 11 is 1.33. The van der Waals surface area contributed by atoms with Gasteiger partial charge in [0, 0.05) is 48.5 Å². The Bertz CT molecular complexity index is 2100. The second-order valence-corrected chi connectivity index (χ2v) is 18.1. The molecule has 5 atom stereocenters. The maximum atomic E-state index is 14.7. The van der Waals surface area contributed by atoms with Crippen molar-refractivity contribution in [1.82, 2.24) is 25.2 Å². The first-order valence-corrected chi connectivity index (χ1v) is 22.0. The van der Waals surface area contributed by atoms with E-state index in [1.54, 1.807) is 37.3 Å². The van der Waals surface area contributed by atoms with Crippen molar-refractivity contribution < 1.29 is 37.3 Å². The van der Waals surface area contributed by atoms with Gasteiger partial charge >= 0.3 is 13.5 Å². The van der Waals surface area contributed by atoms with Crippen LogP contribution in [0.15, 0.2) is 66.9 Å². The molecule has 2 aromatic heterocycles. The van der Waals surface area contributed by atoms with Crippen molar-refractivity contribution in [3.63, 3.8) is 0 Å². The molecule has 2 unspecified atom stereocenters. The predicted octanol–water partition coefficient (Wildman–Crippen LogP) is 6.89. The molecule has 298 valence electrons. The first-order valence-electron chi connectivity index (χ1n) is 19.4. The largest absolute Gasteiger partial charge is 0.481 e. The number of pyridine rings is 1. The third-order valence-electron chi connectivity index (χ3n) is 10.8. The Morgan fingerprint density at radius 3 is 2.64 bits per heavy atom. The minimum absolute atomic E-state index is 0.0119. The average Bonchev–Trinajstić information content (AvgIpc) is 3.74. The van der Waals surface area contributed by atoms with Crippen LogP contribution in [0.5, 0.6) is 11.6 Å². The van der Waals surface area contributed by atoms with Crippen LogP contribution in [0.1, 0.15) is 79.1 Å². The van der Waals surface area contributed by atoms with Gasteiger partial charge in [-0.2, -0.15) is 0 Å². The topological polar surface area (TPSA) is 139 Å². The molecule has 0 saturated carbocycles. The van der Waals surface area contributed by atoms with E-state index in [1.807, 2.05) is 36.1 Å². The molecule has 5 heterocycles. The normalized spacial score (nSPS) is 21.8. The number of hydrogen-bond acceptors (Lipinski definition) is 10. The van der Waals surface area contributed by atoms with Crippen LogP contribution in [0, 0.1) is 5.82 Å². The van der Waals surface area contributed by atoms with Crippen molar-refractivity contribution in [2.75, 3.05) is 33.4 Å².